The standard InChI is InChI=1S/C7H15FO2/c1-4-6(2)9-5-10-7(3)8/h6-7H,4-5H2,1-3H3. The van der Waals surface area contributed by atoms with Crippen molar-refractivity contribution in [3.05, 3.63) is 0 Å². The lowest BCUT2D eigenvalue weighted by atomic mass is 10.3. The molecule has 0 saturated carbocycles. The van der Waals surface area contributed by atoms with Crippen LogP contribution in [0.5, 0.6) is 0 Å². The Labute approximate surface area is 61.3 Å². The lowest BCUT2D eigenvalue weighted by molar-refractivity contribution is -0.144. The molecule has 2 atom stereocenters. The van der Waals surface area contributed by atoms with Gasteiger partial charge in [-0.1, -0.05) is 6.92 Å². The van der Waals surface area contributed by atoms with Crippen molar-refractivity contribution in [2.45, 2.75) is 39.7 Å². The molecule has 0 spiro atoms. The van der Waals surface area contributed by atoms with E-state index in [1.807, 2.05) is 13.8 Å². The minimum Gasteiger partial charge on any atom is -0.352 e. The molecule has 3 heteroatoms. The maximum atomic E-state index is 12.0. The Morgan fingerprint density at radius 2 is 1.90 bits per heavy atom. The van der Waals surface area contributed by atoms with Crippen LogP contribution in [0, 0.1) is 0 Å². The molecule has 62 valence electrons. The van der Waals surface area contributed by atoms with Crippen molar-refractivity contribution in [2.75, 3.05) is 6.79 Å². The summed E-state index contributed by atoms with van der Waals surface area (Å²) in [7, 11) is 0. The fourth-order valence-electron chi connectivity index (χ4n) is 0.367. The van der Waals surface area contributed by atoms with Crippen molar-refractivity contribution in [3.8, 4) is 0 Å². The molecule has 2 nitrogen and oxygen atoms in total. The van der Waals surface area contributed by atoms with E-state index < -0.39 is 6.36 Å². The van der Waals surface area contributed by atoms with Crippen molar-refractivity contribution >= 4 is 0 Å². The largest absolute Gasteiger partial charge is 0.352 e. The van der Waals surface area contributed by atoms with E-state index >= 15 is 0 Å². The van der Waals surface area contributed by atoms with Crippen molar-refractivity contribution in [1.29, 1.82) is 0 Å². The van der Waals surface area contributed by atoms with Crippen LogP contribution in [0.3, 0.4) is 0 Å². The van der Waals surface area contributed by atoms with Gasteiger partial charge in [0.05, 0.1) is 6.10 Å². The minimum atomic E-state index is -1.23. The molecule has 0 saturated heterocycles. The van der Waals surface area contributed by atoms with E-state index in [0.717, 1.165) is 6.42 Å². The molecule has 0 aromatic carbocycles. The van der Waals surface area contributed by atoms with Crippen LogP contribution in [-0.4, -0.2) is 19.3 Å². The highest BCUT2D eigenvalue weighted by Gasteiger charge is 1.99. The summed E-state index contributed by atoms with van der Waals surface area (Å²) in [6.45, 7) is 5.31. The highest BCUT2D eigenvalue weighted by Crippen LogP contribution is 1.97. The first-order chi connectivity index (χ1) is 4.66. The van der Waals surface area contributed by atoms with Gasteiger partial charge in [0.25, 0.3) is 0 Å². The zero-order chi connectivity index (χ0) is 7.98. The smallest absolute Gasteiger partial charge is 0.198 e. The summed E-state index contributed by atoms with van der Waals surface area (Å²) in [5, 5.41) is 0. The van der Waals surface area contributed by atoms with Gasteiger partial charge < -0.3 is 9.47 Å². The molecule has 0 radical (unpaired) electrons. The Hall–Kier alpha value is -0.150. The van der Waals surface area contributed by atoms with E-state index in [0.29, 0.717) is 0 Å². The molecule has 0 N–H and O–H groups in total. The Morgan fingerprint density at radius 3 is 2.30 bits per heavy atom. The highest BCUT2D eigenvalue weighted by atomic mass is 19.1. The second-order valence-corrected chi connectivity index (χ2v) is 2.21. The van der Waals surface area contributed by atoms with Crippen LogP contribution in [0.15, 0.2) is 0 Å². The molecule has 0 heterocycles. The molecule has 0 aromatic heterocycles. The normalized spacial score (nSPS) is 16.8. The van der Waals surface area contributed by atoms with Gasteiger partial charge in [0.2, 0.25) is 0 Å². The summed E-state index contributed by atoms with van der Waals surface area (Å²) in [5.74, 6) is 0. The third kappa shape index (κ3) is 5.98. The summed E-state index contributed by atoms with van der Waals surface area (Å²) >= 11 is 0. The van der Waals surface area contributed by atoms with Crippen LogP contribution in [0.2, 0.25) is 0 Å². The van der Waals surface area contributed by atoms with Crippen LogP contribution in [0.1, 0.15) is 27.2 Å². The third-order valence-corrected chi connectivity index (χ3v) is 1.23. The van der Waals surface area contributed by atoms with Crippen molar-refractivity contribution in [1.82, 2.24) is 0 Å². The van der Waals surface area contributed by atoms with Crippen LogP contribution in [-0.2, 0) is 9.47 Å². The zero-order valence-electron chi connectivity index (χ0n) is 6.76. The quantitative estimate of drug-likeness (QED) is 0.559. The van der Waals surface area contributed by atoms with Crippen LogP contribution < -0.4 is 0 Å². The summed E-state index contributed by atoms with van der Waals surface area (Å²) in [6.07, 6.45) is -0.160. The van der Waals surface area contributed by atoms with E-state index in [1.165, 1.54) is 6.92 Å². The number of hydrogen-bond donors (Lipinski definition) is 0. The molecule has 0 amide bonds. The maximum absolute atomic E-state index is 12.0. The molecule has 0 aliphatic carbocycles. The van der Waals surface area contributed by atoms with Gasteiger partial charge in [-0.05, 0) is 20.3 Å². The van der Waals surface area contributed by atoms with Gasteiger partial charge in [0.1, 0.15) is 0 Å². The van der Waals surface area contributed by atoms with Gasteiger partial charge in [-0.3, -0.25) is 0 Å². The predicted octanol–water partition coefficient (Wildman–Crippen LogP) is 2.09. The van der Waals surface area contributed by atoms with Crippen LogP contribution >= 0.6 is 0 Å². The fourth-order valence-corrected chi connectivity index (χ4v) is 0.367. The maximum Gasteiger partial charge on any atom is 0.198 e. The summed E-state index contributed by atoms with van der Waals surface area (Å²) in [4.78, 5) is 0. The molecule has 0 aliphatic heterocycles. The Morgan fingerprint density at radius 1 is 1.30 bits per heavy atom. The topological polar surface area (TPSA) is 18.5 Å². The van der Waals surface area contributed by atoms with Crippen LogP contribution in [0.4, 0.5) is 4.39 Å². The first-order valence-electron chi connectivity index (χ1n) is 3.54. The van der Waals surface area contributed by atoms with E-state index in [1.54, 1.807) is 0 Å². The molecule has 0 aliphatic rings. The molecule has 0 bridgehead atoms. The average molecular weight is 150 g/mol. The average Bonchev–Trinajstić information content (AvgIpc) is 1.87. The first kappa shape index (κ1) is 9.85. The summed E-state index contributed by atoms with van der Waals surface area (Å²) in [5.41, 5.74) is 0. The molecule has 0 rings (SSSR count). The predicted molar refractivity (Wildman–Crippen MR) is 37.4 cm³/mol. The van der Waals surface area contributed by atoms with E-state index in [4.69, 9.17) is 4.74 Å². The number of rotatable bonds is 5. The molecule has 0 fully saturated rings. The van der Waals surface area contributed by atoms with Gasteiger partial charge in [-0.25, -0.2) is 4.39 Å². The summed E-state index contributed by atoms with van der Waals surface area (Å²) < 4.78 is 21.5. The molecule has 2 unspecified atom stereocenters. The first-order valence-corrected chi connectivity index (χ1v) is 3.54. The number of halogens is 1. The Bertz CT molecular complexity index is 76.0. The lowest BCUT2D eigenvalue weighted by Crippen LogP contribution is -2.12. The Balaban J connectivity index is 3.03. The molecular weight excluding hydrogens is 135 g/mol. The van der Waals surface area contributed by atoms with Crippen molar-refractivity contribution < 1.29 is 13.9 Å². The second kappa shape index (κ2) is 5.62. The van der Waals surface area contributed by atoms with Crippen molar-refractivity contribution in [3.63, 3.8) is 0 Å². The van der Waals surface area contributed by atoms with E-state index in [9.17, 15) is 4.39 Å². The number of hydrogen-bond acceptors (Lipinski definition) is 2. The fraction of sp³-hybridized carbons (Fsp3) is 1.00. The SMILES string of the molecule is CCC(C)OCOC(C)F. The van der Waals surface area contributed by atoms with E-state index in [2.05, 4.69) is 4.74 Å². The lowest BCUT2D eigenvalue weighted by Gasteiger charge is -2.10. The van der Waals surface area contributed by atoms with Gasteiger partial charge in [-0.15, -0.1) is 0 Å². The monoisotopic (exact) mass is 150 g/mol. The zero-order valence-corrected chi connectivity index (χ0v) is 6.76. The molecule has 10 heavy (non-hydrogen) atoms. The second-order valence-electron chi connectivity index (χ2n) is 2.21. The van der Waals surface area contributed by atoms with Gasteiger partial charge >= 0.3 is 0 Å². The van der Waals surface area contributed by atoms with Gasteiger partial charge in [-0.2, -0.15) is 0 Å². The molecular formula is C7H15FO2. The third-order valence-electron chi connectivity index (χ3n) is 1.23. The number of alkyl halides is 1. The van der Waals surface area contributed by atoms with Gasteiger partial charge in [0, 0.05) is 0 Å². The Kier molecular flexibility index (Phi) is 5.54. The van der Waals surface area contributed by atoms with Crippen molar-refractivity contribution in [2.24, 2.45) is 0 Å². The minimum absolute atomic E-state index is 0.0483. The van der Waals surface area contributed by atoms with Crippen LogP contribution in [0.25, 0.3) is 0 Å². The summed E-state index contributed by atoms with van der Waals surface area (Å²) in [6, 6.07) is 0. The number of ether oxygens (including phenoxy) is 2. The molecule has 0 aromatic rings. The van der Waals surface area contributed by atoms with Gasteiger partial charge in [0.15, 0.2) is 13.2 Å². The highest BCUT2D eigenvalue weighted by molar-refractivity contribution is 4.40. The van der Waals surface area contributed by atoms with E-state index in [-0.39, 0.29) is 12.9 Å².